The maximum atomic E-state index is 13.1. The molecule has 164 valence electrons. The van der Waals surface area contributed by atoms with E-state index in [0.717, 1.165) is 40.8 Å². The Morgan fingerprint density at radius 3 is 2.50 bits per heavy atom. The number of hydrogen-bond acceptors (Lipinski definition) is 4. The minimum Gasteiger partial charge on any atom is -0.497 e. The van der Waals surface area contributed by atoms with Gasteiger partial charge in [0.05, 0.1) is 12.5 Å². The largest absolute Gasteiger partial charge is 0.497 e. The molecule has 0 spiro atoms. The lowest BCUT2D eigenvalue weighted by molar-refractivity contribution is 0.0985. The Labute approximate surface area is 188 Å². The van der Waals surface area contributed by atoms with Gasteiger partial charge in [0.15, 0.2) is 0 Å². The Bertz CT molecular complexity index is 1240. The molecule has 3 aromatic carbocycles. The first-order valence-corrected chi connectivity index (χ1v) is 11.8. The molecule has 6 nitrogen and oxygen atoms in total. The molecule has 0 radical (unpaired) electrons. The number of amides is 1. The minimum atomic E-state index is -3.67. The summed E-state index contributed by atoms with van der Waals surface area (Å²) in [6, 6.07) is 21.4. The van der Waals surface area contributed by atoms with Gasteiger partial charge in [0.25, 0.3) is 15.9 Å². The quantitative estimate of drug-likeness (QED) is 0.593. The fourth-order valence-corrected chi connectivity index (χ4v) is 4.55. The molecule has 0 bridgehead atoms. The first-order chi connectivity index (χ1) is 15.4. The van der Waals surface area contributed by atoms with Crippen LogP contribution in [0.3, 0.4) is 0 Å². The lowest BCUT2D eigenvalue weighted by atomic mass is 10.0. The van der Waals surface area contributed by atoms with E-state index in [9.17, 15) is 13.2 Å². The number of carbonyl (C=O) groups excluding carboxylic acids is 1. The molecule has 1 aliphatic heterocycles. The SMILES string of the molecule is COc1ccc2c(c1)CCCN2C(=O)c1ccc(NS(=O)(=O)C=Cc2ccccc2)cc1. The number of anilines is 2. The second-order valence-corrected chi connectivity index (χ2v) is 9.06. The van der Waals surface area contributed by atoms with Gasteiger partial charge in [0, 0.05) is 23.5 Å². The van der Waals surface area contributed by atoms with Crippen molar-refractivity contribution in [3.63, 3.8) is 0 Å². The molecule has 0 saturated heterocycles. The highest BCUT2D eigenvalue weighted by molar-refractivity contribution is 7.95. The molecule has 0 fully saturated rings. The standard InChI is InChI=1S/C25H24N2O4S/c1-31-23-13-14-24-21(18-23)8-5-16-27(24)25(28)20-9-11-22(12-10-20)26-32(29,30)17-15-19-6-3-2-4-7-19/h2-4,6-7,9-15,17-18,26H,5,8,16H2,1H3. The van der Waals surface area contributed by atoms with Crippen LogP contribution in [0.5, 0.6) is 5.75 Å². The van der Waals surface area contributed by atoms with Crippen molar-refractivity contribution in [1.82, 2.24) is 0 Å². The van der Waals surface area contributed by atoms with Crippen LogP contribution < -0.4 is 14.4 Å². The third kappa shape index (κ3) is 5.00. The Kier molecular flexibility index (Phi) is 6.28. The van der Waals surface area contributed by atoms with Crippen molar-refractivity contribution in [1.29, 1.82) is 0 Å². The second kappa shape index (κ2) is 9.28. The summed E-state index contributed by atoms with van der Waals surface area (Å²) in [5, 5.41) is 1.13. The average molecular weight is 449 g/mol. The maximum absolute atomic E-state index is 13.1. The monoisotopic (exact) mass is 448 g/mol. The summed E-state index contributed by atoms with van der Waals surface area (Å²) in [6.07, 6.45) is 3.30. The zero-order valence-electron chi connectivity index (χ0n) is 17.7. The van der Waals surface area contributed by atoms with E-state index < -0.39 is 10.0 Å². The van der Waals surface area contributed by atoms with Gasteiger partial charge in [-0.25, -0.2) is 8.42 Å². The zero-order chi connectivity index (χ0) is 22.6. The molecule has 0 saturated carbocycles. The van der Waals surface area contributed by atoms with Gasteiger partial charge < -0.3 is 9.64 Å². The maximum Gasteiger partial charge on any atom is 0.258 e. The van der Waals surface area contributed by atoms with E-state index in [2.05, 4.69) is 4.72 Å². The third-order valence-corrected chi connectivity index (χ3v) is 6.30. The molecule has 1 N–H and O–H groups in total. The van der Waals surface area contributed by atoms with Gasteiger partial charge in [-0.15, -0.1) is 0 Å². The first kappa shape index (κ1) is 21.6. The summed E-state index contributed by atoms with van der Waals surface area (Å²) >= 11 is 0. The highest BCUT2D eigenvalue weighted by atomic mass is 32.2. The number of fused-ring (bicyclic) bond motifs is 1. The van der Waals surface area contributed by atoms with Crippen molar-refractivity contribution >= 4 is 33.4 Å². The van der Waals surface area contributed by atoms with E-state index in [4.69, 9.17) is 4.74 Å². The number of methoxy groups -OCH3 is 1. The molecule has 7 heteroatoms. The Morgan fingerprint density at radius 1 is 1.03 bits per heavy atom. The predicted molar refractivity (Wildman–Crippen MR) is 127 cm³/mol. The van der Waals surface area contributed by atoms with E-state index in [0.29, 0.717) is 17.8 Å². The molecular weight excluding hydrogens is 424 g/mol. The van der Waals surface area contributed by atoms with E-state index in [-0.39, 0.29) is 5.91 Å². The van der Waals surface area contributed by atoms with Gasteiger partial charge in [-0.3, -0.25) is 9.52 Å². The van der Waals surface area contributed by atoms with Crippen molar-refractivity contribution in [2.45, 2.75) is 12.8 Å². The summed E-state index contributed by atoms with van der Waals surface area (Å²) in [7, 11) is -2.05. The van der Waals surface area contributed by atoms with Crippen LogP contribution >= 0.6 is 0 Å². The fraction of sp³-hybridized carbons (Fsp3) is 0.160. The molecule has 3 aromatic rings. The van der Waals surface area contributed by atoms with E-state index >= 15 is 0 Å². The molecule has 1 aliphatic rings. The fourth-order valence-electron chi connectivity index (χ4n) is 3.68. The van der Waals surface area contributed by atoms with Gasteiger partial charge in [-0.1, -0.05) is 30.3 Å². The van der Waals surface area contributed by atoms with Gasteiger partial charge in [-0.2, -0.15) is 0 Å². The van der Waals surface area contributed by atoms with Crippen LogP contribution in [-0.2, 0) is 16.4 Å². The number of nitrogens with one attached hydrogen (secondary N) is 1. The van der Waals surface area contributed by atoms with E-state index in [1.165, 1.54) is 6.08 Å². The van der Waals surface area contributed by atoms with Crippen LogP contribution in [0.25, 0.3) is 6.08 Å². The molecular formula is C25H24N2O4S. The Hall–Kier alpha value is -3.58. The van der Waals surface area contributed by atoms with Crippen LogP contribution in [0.1, 0.15) is 27.9 Å². The number of ether oxygens (including phenoxy) is 1. The van der Waals surface area contributed by atoms with Crippen LogP contribution in [0.15, 0.2) is 78.2 Å². The minimum absolute atomic E-state index is 0.116. The van der Waals surface area contributed by atoms with Crippen molar-refractivity contribution < 1.29 is 17.9 Å². The molecule has 0 aromatic heterocycles. The van der Waals surface area contributed by atoms with E-state index in [1.807, 2.05) is 48.5 Å². The Balaban J connectivity index is 1.47. The summed E-state index contributed by atoms with van der Waals surface area (Å²) in [6.45, 7) is 0.636. The number of rotatable bonds is 6. The number of sulfonamides is 1. The molecule has 32 heavy (non-hydrogen) atoms. The normalized spacial score (nSPS) is 13.6. The number of aryl methyl sites for hydroxylation is 1. The van der Waals surface area contributed by atoms with Gasteiger partial charge in [0.2, 0.25) is 0 Å². The summed E-state index contributed by atoms with van der Waals surface area (Å²) < 4.78 is 32.5. The molecule has 0 unspecified atom stereocenters. The average Bonchev–Trinajstić information content (AvgIpc) is 2.82. The molecule has 4 rings (SSSR count). The van der Waals surface area contributed by atoms with Crippen molar-refractivity contribution in [3.8, 4) is 5.75 Å². The smallest absolute Gasteiger partial charge is 0.258 e. The first-order valence-electron chi connectivity index (χ1n) is 10.3. The van der Waals surface area contributed by atoms with Gasteiger partial charge >= 0.3 is 0 Å². The predicted octanol–water partition coefficient (Wildman–Crippen LogP) is 4.70. The number of hydrogen-bond donors (Lipinski definition) is 1. The highest BCUT2D eigenvalue weighted by Crippen LogP contribution is 2.31. The van der Waals surface area contributed by atoms with E-state index in [1.54, 1.807) is 36.3 Å². The van der Waals surface area contributed by atoms with Crippen LogP contribution in [0.2, 0.25) is 0 Å². The van der Waals surface area contributed by atoms with Crippen LogP contribution in [0, 0.1) is 0 Å². The van der Waals surface area contributed by atoms with Gasteiger partial charge in [0.1, 0.15) is 5.75 Å². The second-order valence-electron chi connectivity index (χ2n) is 7.49. The summed E-state index contributed by atoms with van der Waals surface area (Å²) in [5.41, 5.74) is 3.65. The summed E-state index contributed by atoms with van der Waals surface area (Å²) in [4.78, 5) is 14.9. The lowest BCUT2D eigenvalue weighted by Gasteiger charge is -2.30. The molecule has 1 heterocycles. The van der Waals surface area contributed by atoms with Crippen molar-refractivity contribution in [3.05, 3.63) is 94.9 Å². The van der Waals surface area contributed by atoms with Crippen LogP contribution in [0.4, 0.5) is 11.4 Å². The molecule has 0 aliphatic carbocycles. The topological polar surface area (TPSA) is 75.7 Å². The van der Waals surface area contributed by atoms with Crippen molar-refractivity contribution in [2.75, 3.05) is 23.3 Å². The van der Waals surface area contributed by atoms with Crippen molar-refractivity contribution in [2.24, 2.45) is 0 Å². The van der Waals surface area contributed by atoms with Crippen LogP contribution in [-0.4, -0.2) is 28.0 Å². The number of benzene rings is 3. The Morgan fingerprint density at radius 2 is 1.78 bits per heavy atom. The molecule has 1 amide bonds. The number of carbonyl (C=O) groups is 1. The third-order valence-electron chi connectivity index (χ3n) is 5.28. The van der Waals surface area contributed by atoms with Gasteiger partial charge in [-0.05, 0) is 72.5 Å². The number of nitrogens with zero attached hydrogens (tertiary/aromatic N) is 1. The lowest BCUT2D eigenvalue weighted by Crippen LogP contribution is -2.35. The summed E-state index contributed by atoms with van der Waals surface area (Å²) in [5.74, 6) is 0.658. The molecule has 0 atom stereocenters. The zero-order valence-corrected chi connectivity index (χ0v) is 18.5. The highest BCUT2D eigenvalue weighted by Gasteiger charge is 2.24.